The molecule has 0 radical (unpaired) electrons. The highest BCUT2D eigenvalue weighted by Gasteiger charge is 2.48. The second kappa shape index (κ2) is 16.8. The van der Waals surface area contributed by atoms with Crippen LogP contribution < -0.4 is 0 Å². The molecular weight excluding hydrogens is 380 g/mol. The summed E-state index contributed by atoms with van der Waals surface area (Å²) in [7, 11) is -2.74. The topological polar surface area (TPSA) is 54.0 Å². The van der Waals surface area contributed by atoms with E-state index in [1.165, 1.54) is 12.8 Å². The molecule has 0 heterocycles. The van der Waals surface area contributed by atoms with E-state index in [0.29, 0.717) is 38.6 Å². The molecule has 0 saturated heterocycles. The Morgan fingerprint density at radius 2 is 1.52 bits per heavy atom. The molecule has 7 heteroatoms. The second-order valence-corrected chi connectivity index (χ2v) is 11.4. The predicted octanol–water partition coefficient (Wildman–Crippen LogP) is 5.24. The fraction of sp³-hybridized carbons (Fsp3) is 0.950. The molecule has 0 aliphatic carbocycles. The Morgan fingerprint density at radius 1 is 0.926 bits per heavy atom. The highest BCUT2D eigenvalue weighted by molar-refractivity contribution is 8.01. The van der Waals surface area contributed by atoms with Crippen molar-refractivity contribution in [2.45, 2.75) is 84.9 Å². The van der Waals surface area contributed by atoms with E-state index in [0.717, 1.165) is 25.2 Å². The number of hydrogen-bond donors (Lipinski definition) is 0. The Kier molecular flexibility index (Phi) is 16.8. The Bertz CT molecular complexity index is 351. The lowest BCUT2D eigenvalue weighted by Gasteiger charge is -2.34. The van der Waals surface area contributed by atoms with Gasteiger partial charge in [-0.3, -0.25) is 4.79 Å². The first-order valence-corrected chi connectivity index (χ1v) is 13.5. The molecular formula is C20H42O5SSi. The molecule has 0 aromatic heterocycles. The van der Waals surface area contributed by atoms with Gasteiger partial charge in [0.25, 0.3) is 0 Å². The first-order valence-electron chi connectivity index (χ1n) is 10.6. The third-order valence-corrected chi connectivity index (χ3v) is 9.93. The van der Waals surface area contributed by atoms with Crippen molar-refractivity contribution in [1.82, 2.24) is 0 Å². The van der Waals surface area contributed by atoms with Gasteiger partial charge in [0.05, 0.1) is 17.9 Å². The maximum absolute atomic E-state index is 12.0. The van der Waals surface area contributed by atoms with Gasteiger partial charge >= 0.3 is 14.8 Å². The third-order valence-electron chi connectivity index (χ3n) is 4.12. The van der Waals surface area contributed by atoms with E-state index in [-0.39, 0.29) is 10.8 Å². The lowest BCUT2D eigenvalue weighted by molar-refractivity contribution is -0.143. The number of esters is 1. The van der Waals surface area contributed by atoms with Crippen LogP contribution in [0.4, 0.5) is 0 Å². The van der Waals surface area contributed by atoms with Gasteiger partial charge in [0.2, 0.25) is 0 Å². The lowest BCUT2D eigenvalue weighted by Crippen LogP contribution is -2.55. The van der Waals surface area contributed by atoms with E-state index in [2.05, 4.69) is 20.8 Å². The molecule has 0 fully saturated rings. The van der Waals surface area contributed by atoms with Crippen molar-refractivity contribution >= 4 is 26.5 Å². The maximum atomic E-state index is 12.0. The molecule has 0 spiro atoms. The second-order valence-electron chi connectivity index (χ2n) is 6.88. The van der Waals surface area contributed by atoms with Crippen LogP contribution in [0.15, 0.2) is 0 Å². The first-order chi connectivity index (χ1) is 13.0. The zero-order valence-electron chi connectivity index (χ0n) is 18.4. The van der Waals surface area contributed by atoms with Crippen LogP contribution >= 0.6 is 11.8 Å². The number of thioether (sulfide) groups is 1. The SMILES string of the molecule is CCO[Si](OCC)(OCC)C(CC)SCCC(=O)OCCCCCC(C)C. The van der Waals surface area contributed by atoms with Gasteiger partial charge in [-0.1, -0.05) is 40.0 Å². The van der Waals surface area contributed by atoms with Crippen LogP contribution in [0.25, 0.3) is 0 Å². The molecule has 0 bridgehead atoms. The summed E-state index contributed by atoms with van der Waals surface area (Å²) in [6.07, 6.45) is 5.85. The summed E-state index contributed by atoms with van der Waals surface area (Å²) in [5.41, 5.74) is 0. The van der Waals surface area contributed by atoms with Crippen molar-refractivity contribution in [2.75, 3.05) is 32.2 Å². The van der Waals surface area contributed by atoms with Crippen molar-refractivity contribution < 1.29 is 22.8 Å². The Labute approximate surface area is 172 Å². The van der Waals surface area contributed by atoms with Gasteiger partial charge in [-0.15, -0.1) is 0 Å². The Morgan fingerprint density at radius 3 is 2.00 bits per heavy atom. The van der Waals surface area contributed by atoms with Crippen molar-refractivity contribution in [2.24, 2.45) is 5.92 Å². The maximum Gasteiger partial charge on any atom is 0.514 e. The van der Waals surface area contributed by atoms with Gasteiger partial charge in [0.1, 0.15) is 0 Å². The number of ether oxygens (including phenoxy) is 1. The first kappa shape index (κ1) is 26.9. The standard InChI is InChI=1S/C20H42O5SSi/c1-7-20(27(23-8-2,24-9-3)25-10-4)26-17-15-19(21)22-16-13-11-12-14-18(5)6/h18,20H,7-17H2,1-6H3. The minimum absolute atomic E-state index is 0.113. The van der Waals surface area contributed by atoms with Crippen LogP contribution in [0.3, 0.4) is 0 Å². The summed E-state index contributed by atoms with van der Waals surface area (Å²) < 4.78 is 23.4. The normalized spacial score (nSPS) is 13.1. The monoisotopic (exact) mass is 422 g/mol. The van der Waals surface area contributed by atoms with Crippen LogP contribution in [0.5, 0.6) is 0 Å². The van der Waals surface area contributed by atoms with Gasteiger partial charge in [-0.2, -0.15) is 11.8 Å². The molecule has 0 aliphatic rings. The van der Waals surface area contributed by atoms with Crippen LogP contribution in [0.2, 0.25) is 0 Å². The molecule has 0 saturated carbocycles. The Hall–Kier alpha value is -0.0831. The van der Waals surface area contributed by atoms with Crippen molar-refractivity contribution in [1.29, 1.82) is 0 Å². The molecule has 1 atom stereocenters. The molecule has 0 N–H and O–H groups in total. The van der Waals surface area contributed by atoms with Crippen molar-refractivity contribution in [3.8, 4) is 0 Å². The highest BCUT2D eigenvalue weighted by Crippen LogP contribution is 2.29. The molecule has 0 amide bonds. The van der Waals surface area contributed by atoms with E-state index < -0.39 is 8.80 Å². The van der Waals surface area contributed by atoms with E-state index in [1.54, 1.807) is 11.8 Å². The fourth-order valence-corrected chi connectivity index (χ4v) is 7.95. The van der Waals surface area contributed by atoms with Crippen LogP contribution in [-0.2, 0) is 22.8 Å². The van der Waals surface area contributed by atoms with Crippen molar-refractivity contribution in [3.63, 3.8) is 0 Å². The number of rotatable bonds is 18. The highest BCUT2D eigenvalue weighted by atomic mass is 32.2. The summed E-state index contributed by atoms with van der Waals surface area (Å²) in [5.74, 6) is 1.33. The molecule has 0 aliphatic heterocycles. The zero-order valence-corrected chi connectivity index (χ0v) is 20.2. The molecule has 0 aromatic carbocycles. The minimum Gasteiger partial charge on any atom is -0.466 e. The van der Waals surface area contributed by atoms with Gasteiger partial charge < -0.3 is 18.0 Å². The van der Waals surface area contributed by atoms with Gasteiger partial charge in [-0.25, -0.2) is 0 Å². The van der Waals surface area contributed by atoms with Gasteiger partial charge in [0.15, 0.2) is 0 Å². The molecule has 0 rings (SSSR count). The van der Waals surface area contributed by atoms with Gasteiger partial charge in [-0.05, 0) is 39.5 Å². The minimum atomic E-state index is -2.74. The largest absolute Gasteiger partial charge is 0.514 e. The number of hydrogen-bond acceptors (Lipinski definition) is 6. The van der Waals surface area contributed by atoms with Crippen LogP contribution in [-0.4, -0.2) is 51.8 Å². The average Bonchev–Trinajstić information content (AvgIpc) is 2.62. The van der Waals surface area contributed by atoms with E-state index >= 15 is 0 Å². The average molecular weight is 423 g/mol. The predicted molar refractivity (Wildman–Crippen MR) is 116 cm³/mol. The zero-order chi connectivity index (χ0) is 20.5. The van der Waals surface area contributed by atoms with E-state index in [4.69, 9.17) is 18.0 Å². The number of unbranched alkanes of at least 4 members (excludes halogenated alkanes) is 2. The number of carbonyl (C=O) groups is 1. The molecule has 1 unspecified atom stereocenters. The molecule has 5 nitrogen and oxygen atoms in total. The van der Waals surface area contributed by atoms with Crippen LogP contribution in [0, 0.1) is 5.92 Å². The van der Waals surface area contributed by atoms with E-state index in [1.807, 2.05) is 20.8 Å². The summed E-state index contributed by atoms with van der Waals surface area (Å²) >= 11 is 1.71. The van der Waals surface area contributed by atoms with Crippen molar-refractivity contribution in [3.05, 3.63) is 0 Å². The number of carbonyl (C=O) groups excluding carboxylic acids is 1. The smallest absolute Gasteiger partial charge is 0.466 e. The quantitative estimate of drug-likeness (QED) is 0.171. The summed E-state index contributed by atoms with van der Waals surface area (Å²) in [5, 5.41) is 0. The van der Waals surface area contributed by atoms with Crippen LogP contribution in [0.1, 0.15) is 80.1 Å². The molecule has 162 valence electrons. The van der Waals surface area contributed by atoms with Gasteiger partial charge in [0, 0.05) is 25.6 Å². The molecule has 27 heavy (non-hydrogen) atoms. The summed E-state index contributed by atoms with van der Waals surface area (Å²) in [4.78, 5) is 12.1. The van der Waals surface area contributed by atoms with E-state index in [9.17, 15) is 4.79 Å². The summed E-state index contributed by atoms with van der Waals surface area (Å²) in [6.45, 7) is 14.7. The molecule has 0 aromatic rings. The third kappa shape index (κ3) is 12.2. The summed E-state index contributed by atoms with van der Waals surface area (Å²) in [6, 6.07) is 0. The fourth-order valence-electron chi connectivity index (χ4n) is 2.85. The Balaban J connectivity index is 4.25. The lowest BCUT2D eigenvalue weighted by atomic mass is 10.1.